The minimum atomic E-state index is -1.39. The summed E-state index contributed by atoms with van der Waals surface area (Å²) in [5, 5.41) is 12.1. The number of methoxy groups -OCH3 is 2. The van der Waals surface area contributed by atoms with Gasteiger partial charge >= 0.3 is 0 Å². The van der Waals surface area contributed by atoms with Crippen molar-refractivity contribution in [2.45, 2.75) is 36.5 Å². The Morgan fingerprint density at radius 2 is 1.86 bits per heavy atom. The average molecular weight is 491 g/mol. The summed E-state index contributed by atoms with van der Waals surface area (Å²) in [6.07, 6.45) is 5.33. The molecule has 36 heavy (non-hydrogen) atoms. The first-order chi connectivity index (χ1) is 17.1. The van der Waals surface area contributed by atoms with Gasteiger partial charge in [0.15, 0.2) is 5.60 Å². The molecule has 0 radical (unpaired) electrons. The van der Waals surface area contributed by atoms with Gasteiger partial charge in [0, 0.05) is 37.1 Å². The fraction of sp³-hybridized carbons (Fsp3) is 0.414. The Bertz CT molecular complexity index is 1240. The molecule has 0 spiro atoms. The van der Waals surface area contributed by atoms with E-state index in [0.29, 0.717) is 23.5 Å². The smallest absolute Gasteiger partial charge is 0.228 e. The number of benzene rings is 2. The van der Waals surface area contributed by atoms with Gasteiger partial charge in [0.25, 0.3) is 0 Å². The zero-order valence-corrected chi connectivity index (χ0v) is 21.4. The highest BCUT2D eigenvalue weighted by atomic mass is 16.5. The molecule has 3 aliphatic rings. The second-order valence-corrected chi connectivity index (χ2v) is 10.4. The Morgan fingerprint density at radius 1 is 1.14 bits per heavy atom. The van der Waals surface area contributed by atoms with Crippen LogP contribution in [0.15, 0.2) is 72.5 Å². The van der Waals surface area contributed by atoms with Crippen LogP contribution in [0.25, 0.3) is 0 Å². The molecule has 1 fully saturated rings. The monoisotopic (exact) mass is 490 g/mol. The Balaban J connectivity index is 1.83. The van der Waals surface area contributed by atoms with Crippen LogP contribution < -0.4 is 15.2 Å². The highest BCUT2D eigenvalue weighted by Crippen LogP contribution is 2.70. The molecule has 5 rings (SSSR count). The van der Waals surface area contributed by atoms with E-state index in [2.05, 4.69) is 13.0 Å². The van der Waals surface area contributed by atoms with Gasteiger partial charge in [0.05, 0.1) is 26.2 Å². The number of hydrogen-bond acceptors (Lipinski definition) is 6. The van der Waals surface area contributed by atoms with E-state index < -0.39 is 34.5 Å². The molecule has 1 heterocycles. The summed E-state index contributed by atoms with van der Waals surface area (Å²) in [5.41, 5.74) is 5.69. The van der Waals surface area contributed by atoms with E-state index in [9.17, 15) is 9.90 Å². The predicted octanol–water partition coefficient (Wildman–Crippen LogP) is 3.34. The van der Waals surface area contributed by atoms with Crippen molar-refractivity contribution >= 4 is 5.91 Å². The highest BCUT2D eigenvalue weighted by Gasteiger charge is 2.79. The number of aliphatic hydroxyl groups is 1. The molecule has 7 heteroatoms. The van der Waals surface area contributed by atoms with Gasteiger partial charge in [-0.15, -0.1) is 0 Å². The number of rotatable bonds is 5. The average Bonchev–Trinajstić information content (AvgIpc) is 3.27. The third-order valence-electron chi connectivity index (χ3n) is 8.44. The van der Waals surface area contributed by atoms with E-state index in [4.69, 9.17) is 19.9 Å². The number of fused-ring (bicyclic) bond motifs is 3. The quantitative estimate of drug-likeness (QED) is 0.668. The third-order valence-corrected chi connectivity index (χ3v) is 8.44. The van der Waals surface area contributed by atoms with Crippen LogP contribution >= 0.6 is 0 Å². The Kier molecular flexibility index (Phi) is 5.69. The molecular weight excluding hydrogens is 456 g/mol. The molecule has 0 aromatic heterocycles. The minimum absolute atomic E-state index is 0.190. The molecule has 1 unspecified atom stereocenters. The lowest BCUT2D eigenvalue weighted by atomic mass is 9.57. The fourth-order valence-electron chi connectivity index (χ4n) is 6.70. The van der Waals surface area contributed by atoms with Gasteiger partial charge in [-0.25, -0.2) is 0 Å². The van der Waals surface area contributed by atoms with Gasteiger partial charge in [-0.2, -0.15) is 0 Å². The number of ether oxygens (including phenoxy) is 3. The Hall–Kier alpha value is -3.29. The number of amides is 1. The molecule has 0 bridgehead atoms. The van der Waals surface area contributed by atoms with Gasteiger partial charge in [0.1, 0.15) is 22.8 Å². The molecule has 2 aliphatic carbocycles. The normalized spacial score (nSPS) is 34.3. The van der Waals surface area contributed by atoms with Gasteiger partial charge in [-0.1, -0.05) is 43.3 Å². The summed E-state index contributed by atoms with van der Waals surface area (Å²) in [5.74, 6) is 0.387. The lowest BCUT2D eigenvalue weighted by Gasteiger charge is -2.52. The zero-order valence-electron chi connectivity index (χ0n) is 21.4. The Labute approximate surface area is 212 Å². The van der Waals surface area contributed by atoms with Crippen molar-refractivity contribution in [3.63, 3.8) is 0 Å². The molecule has 6 atom stereocenters. The lowest BCUT2D eigenvalue weighted by molar-refractivity contribution is -0.137. The molecular formula is C29H34N2O5. The Morgan fingerprint density at radius 3 is 2.44 bits per heavy atom. The number of nitrogens with zero attached hydrogens (tertiary/aromatic N) is 1. The number of carbonyl (C=O) groups excluding carboxylic acids is 1. The summed E-state index contributed by atoms with van der Waals surface area (Å²) in [4.78, 5) is 15.3. The maximum atomic E-state index is 13.7. The van der Waals surface area contributed by atoms with Crippen LogP contribution in [0.4, 0.5) is 0 Å². The number of nitrogens with two attached hydrogens (primary N) is 1. The van der Waals surface area contributed by atoms with Crippen molar-refractivity contribution < 1.29 is 24.1 Å². The molecule has 190 valence electrons. The van der Waals surface area contributed by atoms with Crippen molar-refractivity contribution in [3.8, 4) is 11.5 Å². The maximum Gasteiger partial charge on any atom is 0.228 e. The standard InChI is InChI=1S/C29H34N2O5/c1-27(15-13-19(34-4)14-16-27)29-24(18-9-7-6-8-10-18)23(26(33)31(2)3)25(32)28(29,30)21-12-11-20(35-5)17-22(21)36-29/h6-15,17,23-25,32H,16,30H2,1-5H3/t23-,24-,25-,27?,28+,29-/m1/s1. The molecule has 3 N–H and O–H groups in total. The third kappa shape index (κ3) is 3.02. The largest absolute Gasteiger partial charge is 0.497 e. The number of carbonyl (C=O) groups is 1. The van der Waals surface area contributed by atoms with E-state index in [1.807, 2.05) is 60.7 Å². The molecule has 1 saturated carbocycles. The van der Waals surface area contributed by atoms with Gasteiger partial charge in [-0.05, 0) is 36.3 Å². The van der Waals surface area contributed by atoms with E-state index in [1.54, 1.807) is 28.3 Å². The second-order valence-electron chi connectivity index (χ2n) is 10.4. The number of allylic oxidation sites excluding steroid dienone is 2. The van der Waals surface area contributed by atoms with Crippen molar-refractivity contribution in [3.05, 3.63) is 83.6 Å². The van der Waals surface area contributed by atoms with Crippen LogP contribution in [-0.4, -0.2) is 55.9 Å². The van der Waals surface area contributed by atoms with Crippen LogP contribution in [-0.2, 0) is 15.1 Å². The van der Waals surface area contributed by atoms with Gasteiger partial charge in [-0.3, -0.25) is 4.79 Å². The molecule has 2 aromatic carbocycles. The van der Waals surface area contributed by atoms with E-state index >= 15 is 0 Å². The van der Waals surface area contributed by atoms with Crippen molar-refractivity contribution in [1.29, 1.82) is 0 Å². The van der Waals surface area contributed by atoms with E-state index in [0.717, 1.165) is 11.3 Å². The topological polar surface area (TPSA) is 94.2 Å². The van der Waals surface area contributed by atoms with E-state index in [1.165, 1.54) is 4.90 Å². The van der Waals surface area contributed by atoms with Crippen LogP contribution in [0, 0.1) is 11.3 Å². The maximum absolute atomic E-state index is 13.7. The zero-order chi connectivity index (χ0) is 25.9. The SMILES string of the molecule is COC1=CCC(C)([C@@]23Oc4cc(OC)ccc4[C@]2(N)[C@H](O)[C@H](C(=O)N(C)C)[C@H]3c2ccccc2)C=C1. The van der Waals surface area contributed by atoms with Gasteiger partial charge < -0.3 is 30.0 Å². The fourth-order valence-corrected chi connectivity index (χ4v) is 6.70. The van der Waals surface area contributed by atoms with E-state index in [-0.39, 0.29) is 5.91 Å². The first kappa shape index (κ1) is 24.4. The highest BCUT2D eigenvalue weighted by molar-refractivity contribution is 5.82. The molecule has 7 nitrogen and oxygen atoms in total. The first-order valence-electron chi connectivity index (χ1n) is 12.2. The second kappa shape index (κ2) is 8.39. The minimum Gasteiger partial charge on any atom is -0.497 e. The first-order valence-corrected chi connectivity index (χ1v) is 12.2. The number of hydrogen-bond donors (Lipinski definition) is 2. The summed E-state index contributed by atoms with van der Waals surface area (Å²) in [7, 11) is 6.64. The molecule has 2 aromatic rings. The van der Waals surface area contributed by atoms with Crippen molar-refractivity contribution in [1.82, 2.24) is 4.90 Å². The summed E-state index contributed by atoms with van der Waals surface area (Å²) in [6, 6.07) is 15.3. The number of aliphatic hydroxyl groups excluding tert-OH is 1. The van der Waals surface area contributed by atoms with Crippen LogP contribution in [0.3, 0.4) is 0 Å². The predicted molar refractivity (Wildman–Crippen MR) is 137 cm³/mol. The van der Waals surface area contributed by atoms with Crippen molar-refractivity contribution in [2.24, 2.45) is 17.1 Å². The molecule has 0 saturated heterocycles. The van der Waals surface area contributed by atoms with Crippen LogP contribution in [0.1, 0.15) is 30.4 Å². The summed E-state index contributed by atoms with van der Waals surface area (Å²) < 4.78 is 18.0. The van der Waals surface area contributed by atoms with Crippen molar-refractivity contribution in [2.75, 3.05) is 28.3 Å². The lowest BCUT2D eigenvalue weighted by Crippen LogP contribution is -2.67. The van der Waals surface area contributed by atoms with Crippen LogP contribution in [0.2, 0.25) is 0 Å². The van der Waals surface area contributed by atoms with Gasteiger partial charge in [0.2, 0.25) is 5.91 Å². The molecule has 1 aliphatic heterocycles. The summed E-state index contributed by atoms with van der Waals surface area (Å²) >= 11 is 0. The molecule has 1 amide bonds. The summed E-state index contributed by atoms with van der Waals surface area (Å²) in [6.45, 7) is 2.09. The van der Waals surface area contributed by atoms with Crippen LogP contribution in [0.5, 0.6) is 11.5 Å².